The molecule has 0 radical (unpaired) electrons. The van der Waals surface area contributed by atoms with Crippen molar-refractivity contribution < 1.29 is 48.7 Å². The van der Waals surface area contributed by atoms with Crippen LogP contribution in [0.15, 0.2) is 53.8 Å². The van der Waals surface area contributed by atoms with Gasteiger partial charge >= 0.3 is 37.3 Å². The van der Waals surface area contributed by atoms with E-state index >= 15 is 0 Å². The van der Waals surface area contributed by atoms with Crippen LogP contribution in [0.5, 0.6) is 0 Å². The third kappa shape index (κ3) is 8.20. The zero-order valence-corrected chi connectivity index (χ0v) is 24.1. The number of alkyl halides is 3. The second-order valence-electron chi connectivity index (χ2n) is 7.65. The van der Waals surface area contributed by atoms with Crippen molar-refractivity contribution in [2.75, 3.05) is 28.7 Å². The molecular formula is C25H26F4N6U. The van der Waals surface area contributed by atoms with Gasteiger partial charge in [-0.3, -0.25) is 0 Å². The maximum atomic E-state index is 14.2. The number of unbranched alkanes of at least 4 members (excludes halogenated alkanes) is 1. The molecule has 0 fully saturated rings. The third-order valence-electron chi connectivity index (χ3n) is 5.05. The average Bonchev–Trinajstić information content (AvgIpc) is 2.82. The van der Waals surface area contributed by atoms with E-state index in [0.29, 0.717) is 24.5 Å². The van der Waals surface area contributed by atoms with Crippen LogP contribution in [-0.2, 0) is 6.18 Å². The predicted octanol–water partition coefficient (Wildman–Crippen LogP) is 6.39. The van der Waals surface area contributed by atoms with Gasteiger partial charge in [-0.2, -0.15) is 29.7 Å². The Morgan fingerprint density at radius 3 is 2.58 bits per heavy atom. The molecule has 0 bridgehead atoms. The van der Waals surface area contributed by atoms with Crippen LogP contribution in [0.25, 0.3) is 0 Å². The number of anilines is 4. The van der Waals surface area contributed by atoms with E-state index in [-0.39, 0.29) is 42.9 Å². The molecular weight excluding hydrogens is 698 g/mol. The Morgan fingerprint density at radius 1 is 1.17 bits per heavy atom. The van der Waals surface area contributed by atoms with Crippen molar-refractivity contribution in [2.45, 2.75) is 26.4 Å². The van der Waals surface area contributed by atoms with E-state index in [2.05, 4.69) is 32.7 Å². The minimum Gasteiger partial charge on any atom is -0.414 e. The van der Waals surface area contributed by atoms with Gasteiger partial charge in [0.05, 0.1) is 18.0 Å². The summed E-state index contributed by atoms with van der Waals surface area (Å²) in [6.45, 7) is 8.51. The minimum atomic E-state index is -4.41. The summed E-state index contributed by atoms with van der Waals surface area (Å²) in [5, 5.41) is 7.11. The van der Waals surface area contributed by atoms with Gasteiger partial charge in [-0.05, 0) is 48.4 Å². The number of hydrogen-bond acceptors (Lipinski definition) is 6. The molecule has 0 amide bonds. The second-order valence-corrected chi connectivity index (χ2v) is 7.65. The molecule has 0 saturated carbocycles. The predicted molar refractivity (Wildman–Crippen MR) is 131 cm³/mol. The first-order valence-corrected chi connectivity index (χ1v) is 10.9. The van der Waals surface area contributed by atoms with Crippen molar-refractivity contribution in [1.29, 1.82) is 0 Å². The molecule has 11 heteroatoms. The van der Waals surface area contributed by atoms with E-state index in [9.17, 15) is 17.6 Å². The molecule has 1 heterocycles. The Morgan fingerprint density at radius 2 is 1.92 bits per heavy atom. The topological polar surface area (TPSA) is 65.4 Å². The smallest absolute Gasteiger partial charge is 0.414 e. The largest absolute Gasteiger partial charge is 2.00 e. The van der Waals surface area contributed by atoms with E-state index in [0.717, 1.165) is 35.9 Å². The maximum Gasteiger partial charge on any atom is 2.00 e. The van der Waals surface area contributed by atoms with Crippen LogP contribution in [-0.4, -0.2) is 29.3 Å². The van der Waals surface area contributed by atoms with Crippen LogP contribution >= 0.6 is 0 Å². The summed E-state index contributed by atoms with van der Waals surface area (Å²) >= 11 is 0. The summed E-state index contributed by atoms with van der Waals surface area (Å²) < 4.78 is 53.0. The Kier molecular flexibility index (Phi) is 11.2. The van der Waals surface area contributed by atoms with Crippen molar-refractivity contribution in [3.63, 3.8) is 0 Å². The molecule has 1 aromatic heterocycles. The van der Waals surface area contributed by atoms with Gasteiger partial charge in [0, 0.05) is 11.4 Å². The Labute approximate surface area is 232 Å². The Bertz CT molecular complexity index is 1170. The number of hydrogen-bond donors (Lipinski definition) is 2. The van der Waals surface area contributed by atoms with Crippen molar-refractivity contribution in [3.05, 3.63) is 84.5 Å². The number of nitrogens with zero attached hydrogens (tertiary/aromatic N) is 4. The van der Waals surface area contributed by atoms with Gasteiger partial charge in [0.1, 0.15) is 0 Å². The molecule has 0 aliphatic heterocycles. The number of benzene rings is 2. The minimum absolute atomic E-state index is 0. The van der Waals surface area contributed by atoms with Gasteiger partial charge in [0.2, 0.25) is 5.95 Å². The van der Waals surface area contributed by atoms with Crippen LogP contribution in [0.3, 0.4) is 0 Å². The zero-order valence-electron chi connectivity index (χ0n) is 19.9. The van der Waals surface area contributed by atoms with Crippen molar-refractivity contribution >= 4 is 29.4 Å². The quantitative estimate of drug-likeness (QED) is 0.110. The molecule has 0 aliphatic carbocycles. The van der Waals surface area contributed by atoms with Crippen LogP contribution in [0.1, 0.15) is 30.0 Å². The van der Waals surface area contributed by atoms with E-state index in [1.165, 1.54) is 6.07 Å². The number of aromatic nitrogens is 2. The van der Waals surface area contributed by atoms with E-state index in [4.69, 9.17) is 0 Å². The van der Waals surface area contributed by atoms with Gasteiger partial charge in [0.15, 0.2) is 11.6 Å². The van der Waals surface area contributed by atoms with E-state index in [1.807, 2.05) is 20.3 Å². The number of hydrazone groups is 1. The van der Waals surface area contributed by atoms with Gasteiger partial charge in [-0.1, -0.05) is 19.1 Å². The number of aryl methyl sites for hydroxylation is 1. The van der Waals surface area contributed by atoms with Crippen LogP contribution in [0, 0.1) is 57.2 Å². The molecule has 0 spiro atoms. The molecule has 0 aliphatic rings. The summed E-state index contributed by atoms with van der Waals surface area (Å²) in [6, 6.07) is 10.3. The standard InChI is InChI=1S/C25H26F4N6.U/c1-4-6-12-35(5-2)23-22(26)16-30-24(33-23)34-31-15-18-10-11-21(13-17(18)3)32-20-9-7-8-19(14-20)25(27,28)29;/h6-11,13-16,32H,2,4-5,12H2,1,3H3,(H,30,33,34);/q-2;+2/b31-15+;. The normalized spacial score (nSPS) is 11.3. The molecule has 188 valence electrons. The summed E-state index contributed by atoms with van der Waals surface area (Å²) in [5.74, 6) is -0.279. The van der Waals surface area contributed by atoms with Crippen molar-refractivity contribution in [3.8, 4) is 0 Å². The number of halogens is 4. The Hall–Kier alpha value is -2.64. The van der Waals surface area contributed by atoms with E-state index < -0.39 is 17.6 Å². The fourth-order valence-electron chi connectivity index (χ4n) is 3.20. The van der Waals surface area contributed by atoms with Gasteiger partial charge in [-0.15, -0.1) is 13.1 Å². The molecule has 36 heavy (non-hydrogen) atoms. The van der Waals surface area contributed by atoms with Crippen LogP contribution in [0.2, 0.25) is 0 Å². The fraction of sp³-hybridized carbons (Fsp3) is 0.240. The third-order valence-corrected chi connectivity index (χ3v) is 5.05. The van der Waals surface area contributed by atoms with Gasteiger partial charge in [0.25, 0.3) is 0 Å². The molecule has 0 saturated heterocycles. The molecule has 3 rings (SSSR count). The summed E-state index contributed by atoms with van der Waals surface area (Å²) in [6.07, 6.45) is 1.06. The number of rotatable bonds is 10. The maximum absolute atomic E-state index is 14.2. The molecule has 0 unspecified atom stereocenters. The molecule has 6 nitrogen and oxygen atoms in total. The monoisotopic (exact) mass is 724 g/mol. The first-order valence-electron chi connectivity index (χ1n) is 10.9. The SMILES string of the molecule is [CH2-]CN(C[CH-]CC)c1nc(N/N=C/c2ccc(Nc3cccc(C(F)(F)F)c3)cc2C)ncc1F.[U+2]. The van der Waals surface area contributed by atoms with Crippen molar-refractivity contribution in [2.24, 2.45) is 5.10 Å². The first kappa shape index (κ1) is 29.6. The molecule has 0 atom stereocenters. The molecule has 2 aromatic carbocycles. The second kappa shape index (κ2) is 13.6. The zero-order chi connectivity index (χ0) is 25.4. The first-order chi connectivity index (χ1) is 16.7. The van der Waals surface area contributed by atoms with Gasteiger partial charge in [-0.25, -0.2) is 14.8 Å². The fourth-order valence-corrected chi connectivity index (χ4v) is 3.20. The summed E-state index contributed by atoms with van der Waals surface area (Å²) in [4.78, 5) is 9.81. The van der Waals surface area contributed by atoms with Crippen molar-refractivity contribution in [1.82, 2.24) is 9.97 Å². The average molecular weight is 725 g/mol. The molecule has 3 aromatic rings. The van der Waals surface area contributed by atoms with Crippen LogP contribution in [0.4, 0.5) is 40.7 Å². The van der Waals surface area contributed by atoms with Gasteiger partial charge < -0.3 is 23.6 Å². The van der Waals surface area contributed by atoms with Crippen LogP contribution < -0.4 is 15.6 Å². The summed E-state index contributed by atoms with van der Waals surface area (Å²) in [7, 11) is 0. The Balaban J connectivity index is 0.00000456. The number of nitrogens with one attached hydrogen (secondary N) is 2. The molecule has 2 N–H and O–H groups in total. The summed E-state index contributed by atoms with van der Waals surface area (Å²) in [5.41, 5.74) is 4.56. The van der Waals surface area contributed by atoms with E-state index in [1.54, 1.807) is 35.4 Å².